The summed E-state index contributed by atoms with van der Waals surface area (Å²) in [5.74, 6) is 5.83. The van der Waals surface area contributed by atoms with Crippen LogP contribution in [0, 0.1) is 18.8 Å². The highest BCUT2D eigenvalue weighted by Crippen LogP contribution is 2.33. The maximum absolute atomic E-state index is 13.1. The molecule has 8 heteroatoms. The fraction of sp³-hybridized carbons (Fsp3) is 0.280. The van der Waals surface area contributed by atoms with Crippen LogP contribution in [0.3, 0.4) is 0 Å². The third-order valence-corrected chi connectivity index (χ3v) is 6.10. The van der Waals surface area contributed by atoms with E-state index in [1.165, 1.54) is 6.42 Å². The van der Waals surface area contributed by atoms with Crippen LogP contribution < -0.4 is 5.43 Å². The van der Waals surface area contributed by atoms with Crippen molar-refractivity contribution in [3.8, 4) is 28.9 Å². The zero-order chi connectivity index (χ0) is 23.4. The molecule has 0 saturated carbocycles. The summed E-state index contributed by atoms with van der Waals surface area (Å²) < 4.78 is 1.91. The van der Waals surface area contributed by atoms with Crippen LogP contribution in [0.2, 0.25) is 10.0 Å². The molecule has 6 nitrogen and oxygen atoms in total. The number of hydrazine groups is 1. The van der Waals surface area contributed by atoms with Crippen LogP contribution in [0.4, 0.5) is 0 Å². The van der Waals surface area contributed by atoms with Crippen molar-refractivity contribution in [2.24, 2.45) is 0 Å². The Kier molecular flexibility index (Phi) is 7.36. The van der Waals surface area contributed by atoms with Gasteiger partial charge >= 0.3 is 0 Å². The molecular formula is C25H24Cl2N4O2. The molecule has 0 spiro atoms. The second-order valence-electron chi connectivity index (χ2n) is 7.82. The fourth-order valence-electron chi connectivity index (χ4n) is 3.92. The number of amides is 1. The van der Waals surface area contributed by atoms with Gasteiger partial charge in [0, 0.05) is 34.9 Å². The quantitative estimate of drug-likeness (QED) is 0.531. The van der Waals surface area contributed by atoms with Crippen molar-refractivity contribution in [2.45, 2.75) is 26.2 Å². The number of carbonyl (C=O) groups is 1. The lowest BCUT2D eigenvalue weighted by Crippen LogP contribution is -2.45. The molecule has 33 heavy (non-hydrogen) atoms. The molecule has 0 unspecified atom stereocenters. The second kappa shape index (κ2) is 10.4. The molecule has 0 bridgehead atoms. The van der Waals surface area contributed by atoms with E-state index in [4.69, 9.17) is 33.3 Å². The Balaban J connectivity index is 1.78. The van der Waals surface area contributed by atoms with Gasteiger partial charge in [0.15, 0.2) is 5.69 Å². The summed E-state index contributed by atoms with van der Waals surface area (Å²) in [6.07, 6.45) is 3.30. The molecule has 0 aliphatic carbocycles. The molecule has 2 aromatic carbocycles. The molecule has 1 aliphatic heterocycles. The first-order chi connectivity index (χ1) is 16.0. The molecule has 4 rings (SSSR count). The molecule has 0 atom stereocenters. The van der Waals surface area contributed by atoms with E-state index in [1.54, 1.807) is 18.2 Å². The van der Waals surface area contributed by atoms with Gasteiger partial charge in [-0.25, -0.2) is 9.99 Å². The van der Waals surface area contributed by atoms with Gasteiger partial charge in [-0.3, -0.25) is 14.8 Å². The van der Waals surface area contributed by atoms with E-state index in [0.717, 1.165) is 37.2 Å². The number of carbonyl (C=O) groups excluding carboxylic acids is 1. The molecule has 1 aliphatic rings. The van der Waals surface area contributed by atoms with Gasteiger partial charge in [0.05, 0.1) is 10.7 Å². The molecule has 2 heterocycles. The zero-order valence-corrected chi connectivity index (χ0v) is 19.7. The first-order valence-corrected chi connectivity index (χ1v) is 11.5. The Morgan fingerprint density at radius 2 is 1.85 bits per heavy atom. The van der Waals surface area contributed by atoms with Crippen LogP contribution in [0.1, 0.15) is 41.0 Å². The normalized spacial score (nSPS) is 13.9. The first-order valence-electron chi connectivity index (χ1n) is 10.8. The van der Waals surface area contributed by atoms with E-state index in [9.17, 15) is 4.79 Å². The highest BCUT2D eigenvalue weighted by atomic mass is 35.5. The summed E-state index contributed by atoms with van der Waals surface area (Å²) in [7, 11) is 0. The van der Waals surface area contributed by atoms with Crippen molar-refractivity contribution in [1.29, 1.82) is 0 Å². The van der Waals surface area contributed by atoms with Crippen LogP contribution in [-0.2, 0) is 0 Å². The molecular weight excluding hydrogens is 459 g/mol. The standard InChI is InChI=1S/C25H24Cl2N4O2/c1-17-23(25(33)29-30-13-3-2-4-14-30)28-24(21-12-9-19(26)16-22(21)27)31(17)20-10-7-18(8-11-20)6-5-15-32/h7-12,16,32H,2-4,13-15H2,1H3,(H,29,33). The number of benzene rings is 2. The fourth-order valence-corrected chi connectivity index (χ4v) is 4.41. The molecule has 2 N–H and O–H groups in total. The van der Waals surface area contributed by atoms with Crippen LogP contribution >= 0.6 is 23.2 Å². The highest BCUT2D eigenvalue weighted by Gasteiger charge is 2.24. The van der Waals surface area contributed by atoms with E-state index in [0.29, 0.717) is 32.8 Å². The number of halogens is 2. The minimum Gasteiger partial charge on any atom is -0.384 e. The van der Waals surface area contributed by atoms with Crippen molar-refractivity contribution in [2.75, 3.05) is 19.7 Å². The summed E-state index contributed by atoms with van der Waals surface area (Å²) in [5.41, 5.74) is 6.29. The monoisotopic (exact) mass is 482 g/mol. The van der Waals surface area contributed by atoms with Crippen molar-refractivity contribution >= 4 is 29.1 Å². The number of hydrogen-bond acceptors (Lipinski definition) is 4. The summed E-state index contributed by atoms with van der Waals surface area (Å²) in [6, 6.07) is 12.7. The maximum Gasteiger partial charge on any atom is 0.286 e. The van der Waals surface area contributed by atoms with Crippen LogP contribution in [0.25, 0.3) is 17.1 Å². The van der Waals surface area contributed by atoms with Gasteiger partial charge in [0.25, 0.3) is 5.91 Å². The van der Waals surface area contributed by atoms with Crippen molar-refractivity contribution in [3.63, 3.8) is 0 Å². The average molecular weight is 483 g/mol. The minimum atomic E-state index is -0.245. The topological polar surface area (TPSA) is 70.4 Å². The number of aliphatic hydroxyl groups excluding tert-OH is 1. The number of nitrogens with zero attached hydrogens (tertiary/aromatic N) is 3. The van der Waals surface area contributed by atoms with Crippen LogP contribution in [0.15, 0.2) is 42.5 Å². The molecule has 1 saturated heterocycles. The van der Waals surface area contributed by atoms with Crippen LogP contribution in [-0.4, -0.2) is 45.3 Å². The van der Waals surface area contributed by atoms with Crippen molar-refractivity contribution in [1.82, 2.24) is 20.0 Å². The van der Waals surface area contributed by atoms with E-state index in [-0.39, 0.29) is 12.5 Å². The maximum atomic E-state index is 13.1. The van der Waals surface area contributed by atoms with Gasteiger partial charge in [-0.1, -0.05) is 41.5 Å². The summed E-state index contributed by atoms with van der Waals surface area (Å²) in [4.78, 5) is 17.9. The number of aliphatic hydroxyl groups is 1. The van der Waals surface area contributed by atoms with Crippen molar-refractivity contribution in [3.05, 3.63) is 69.5 Å². The minimum absolute atomic E-state index is 0.197. The Morgan fingerprint density at radius 1 is 1.12 bits per heavy atom. The Hall–Kier alpha value is -2.82. The lowest BCUT2D eigenvalue weighted by molar-refractivity contribution is 0.0744. The lowest BCUT2D eigenvalue weighted by atomic mass is 10.1. The van der Waals surface area contributed by atoms with E-state index in [1.807, 2.05) is 40.8 Å². The van der Waals surface area contributed by atoms with E-state index < -0.39 is 0 Å². The van der Waals surface area contributed by atoms with Gasteiger partial charge in [-0.05, 0) is 62.2 Å². The summed E-state index contributed by atoms with van der Waals surface area (Å²) in [6.45, 7) is 3.33. The number of hydrogen-bond donors (Lipinski definition) is 2. The summed E-state index contributed by atoms with van der Waals surface area (Å²) >= 11 is 12.6. The lowest BCUT2D eigenvalue weighted by Gasteiger charge is -2.26. The molecule has 0 radical (unpaired) electrons. The molecule has 1 aromatic heterocycles. The summed E-state index contributed by atoms with van der Waals surface area (Å²) in [5, 5.41) is 11.8. The number of rotatable bonds is 4. The Bertz CT molecular complexity index is 1220. The first kappa shape index (κ1) is 23.3. The second-order valence-corrected chi connectivity index (χ2v) is 8.67. The van der Waals surface area contributed by atoms with Crippen molar-refractivity contribution < 1.29 is 9.90 Å². The third-order valence-electron chi connectivity index (χ3n) is 5.55. The molecule has 170 valence electrons. The number of piperidine rings is 1. The smallest absolute Gasteiger partial charge is 0.286 e. The molecule has 1 amide bonds. The predicted molar refractivity (Wildman–Crippen MR) is 131 cm³/mol. The van der Waals surface area contributed by atoms with E-state index in [2.05, 4.69) is 17.3 Å². The highest BCUT2D eigenvalue weighted by molar-refractivity contribution is 6.36. The third kappa shape index (κ3) is 5.23. The van der Waals surface area contributed by atoms with E-state index >= 15 is 0 Å². The van der Waals surface area contributed by atoms with Gasteiger partial charge in [0.2, 0.25) is 0 Å². The van der Waals surface area contributed by atoms with Gasteiger partial charge in [0.1, 0.15) is 12.4 Å². The molecule has 3 aromatic rings. The zero-order valence-electron chi connectivity index (χ0n) is 18.2. The Morgan fingerprint density at radius 3 is 2.52 bits per heavy atom. The van der Waals surface area contributed by atoms with Gasteiger partial charge < -0.3 is 5.11 Å². The largest absolute Gasteiger partial charge is 0.384 e. The average Bonchev–Trinajstić information content (AvgIpc) is 3.15. The number of nitrogens with one attached hydrogen (secondary N) is 1. The van der Waals surface area contributed by atoms with Gasteiger partial charge in [-0.2, -0.15) is 0 Å². The van der Waals surface area contributed by atoms with Gasteiger partial charge in [-0.15, -0.1) is 0 Å². The predicted octanol–water partition coefficient (Wildman–Crippen LogP) is 4.63. The number of imidazole rings is 1. The van der Waals surface area contributed by atoms with Crippen LogP contribution in [0.5, 0.6) is 0 Å². The number of aromatic nitrogens is 2. The Labute approximate surface area is 203 Å². The molecule has 1 fully saturated rings. The SMILES string of the molecule is Cc1c(C(=O)NN2CCCCC2)nc(-c2ccc(Cl)cc2Cl)n1-c1ccc(C#CCO)cc1.